The molecule has 0 amide bonds. The molecular weight excluding hydrogens is 242 g/mol. The number of nitrogens with two attached hydrogens (primary N) is 1. The van der Waals surface area contributed by atoms with Crippen LogP contribution >= 0.6 is 0 Å². The maximum absolute atomic E-state index is 10.9. The maximum Gasteiger partial charge on any atom is 0.341 e. The average molecular weight is 255 g/mol. The largest absolute Gasteiger partial charge is 0.477 e. The van der Waals surface area contributed by atoms with Crippen molar-refractivity contribution in [1.82, 2.24) is 9.97 Å². The van der Waals surface area contributed by atoms with Gasteiger partial charge in [0, 0.05) is 11.8 Å². The molecule has 1 aromatic carbocycles. The van der Waals surface area contributed by atoms with Gasteiger partial charge in [0.05, 0.1) is 0 Å². The fraction of sp³-hybridized carbons (Fsp3) is 0.214. The number of aromatic carboxylic acids is 1. The number of aromatic nitrogens is 2. The molecule has 0 fully saturated rings. The maximum atomic E-state index is 10.9. The predicted molar refractivity (Wildman–Crippen MR) is 70.9 cm³/mol. The summed E-state index contributed by atoms with van der Waals surface area (Å²) in [5.41, 5.74) is 9.15. The number of fused-ring (bicyclic) bond motifs is 1. The number of hydrogen-bond acceptors (Lipinski definition) is 4. The number of nitrogen functional groups attached to an aromatic ring is 1. The van der Waals surface area contributed by atoms with Gasteiger partial charge in [0.25, 0.3) is 0 Å². The molecule has 19 heavy (non-hydrogen) atoms. The SMILES string of the molecule is Nc1nc(-c2ccc3c(c2)CCC3)ncc1C(=O)O. The Hall–Kier alpha value is -2.43. The quantitative estimate of drug-likeness (QED) is 0.855. The first-order valence-electron chi connectivity index (χ1n) is 6.13. The summed E-state index contributed by atoms with van der Waals surface area (Å²) in [7, 11) is 0. The van der Waals surface area contributed by atoms with Gasteiger partial charge in [-0.1, -0.05) is 12.1 Å². The molecule has 0 unspecified atom stereocenters. The summed E-state index contributed by atoms with van der Waals surface area (Å²) in [5, 5.41) is 8.89. The number of rotatable bonds is 2. The van der Waals surface area contributed by atoms with Crippen LogP contribution in [0.3, 0.4) is 0 Å². The Morgan fingerprint density at radius 3 is 2.79 bits per heavy atom. The Kier molecular flexibility index (Phi) is 2.67. The first-order valence-corrected chi connectivity index (χ1v) is 6.13. The van der Waals surface area contributed by atoms with Crippen molar-refractivity contribution in [3.8, 4) is 11.4 Å². The zero-order chi connectivity index (χ0) is 13.4. The van der Waals surface area contributed by atoms with E-state index in [0.717, 1.165) is 18.4 Å². The minimum atomic E-state index is -1.11. The van der Waals surface area contributed by atoms with Gasteiger partial charge in [-0.25, -0.2) is 14.8 Å². The fourth-order valence-corrected chi connectivity index (χ4v) is 2.41. The van der Waals surface area contributed by atoms with E-state index >= 15 is 0 Å². The van der Waals surface area contributed by atoms with Crippen LogP contribution in [0.5, 0.6) is 0 Å². The highest BCUT2D eigenvalue weighted by molar-refractivity contribution is 5.92. The molecule has 0 spiro atoms. The molecule has 0 aliphatic heterocycles. The Morgan fingerprint density at radius 1 is 1.26 bits per heavy atom. The Balaban J connectivity index is 2.03. The second kappa shape index (κ2) is 4.35. The van der Waals surface area contributed by atoms with Crippen LogP contribution in [0.4, 0.5) is 5.82 Å². The molecule has 3 N–H and O–H groups in total. The zero-order valence-electron chi connectivity index (χ0n) is 10.3. The van der Waals surface area contributed by atoms with Crippen LogP contribution in [0.1, 0.15) is 27.9 Å². The molecule has 0 bridgehead atoms. The fourth-order valence-electron chi connectivity index (χ4n) is 2.41. The number of nitrogens with zero attached hydrogens (tertiary/aromatic N) is 2. The first kappa shape index (κ1) is 11.6. The third kappa shape index (κ3) is 2.03. The highest BCUT2D eigenvalue weighted by Crippen LogP contribution is 2.27. The third-order valence-electron chi connectivity index (χ3n) is 3.41. The van der Waals surface area contributed by atoms with Gasteiger partial charge < -0.3 is 10.8 Å². The van der Waals surface area contributed by atoms with Crippen LogP contribution in [0.15, 0.2) is 24.4 Å². The number of hydrogen-bond donors (Lipinski definition) is 2. The van der Waals surface area contributed by atoms with E-state index in [1.165, 1.54) is 23.7 Å². The number of anilines is 1. The lowest BCUT2D eigenvalue weighted by molar-refractivity contribution is 0.0697. The highest BCUT2D eigenvalue weighted by Gasteiger charge is 2.15. The van der Waals surface area contributed by atoms with E-state index in [4.69, 9.17) is 10.8 Å². The van der Waals surface area contributed by atoms with Gasteiger partial charge in [-0.15, -0.1) is 0 Å². The normalized spacial score (nSPS) is 13.3. The lowest BCUT2D eigenvalue weighted by Gasteiger charge is -2.06. The molecular formula is C14H13N3O2. The van der Waals surface area contributed by atoms with Crippen LogP contribution < -0.4 is 5.73 Å². The van der Waals surface area contributed by atoms with Gasteiger partial charge in [0.15, 0.2) is 5.82 Å². The number of carboxylic acids is 1. The Bertz CT molecular complexity index is 668. The van der Waals surface area contributed by atoms with Crippen molar-refractivity contribution in [2.24, 2.45) is 0 Å². The van der Waals surface area contributed by atoms with Gasteiger partial charge >= 0.3 is 5.97 Å². The van der Waals surface area contributed by atoms with Gasteiger partial charge in [0.2, 0.25) is 0 Å². The van der Waals surface area contributed by atoms with Gasteiger partial charge in [-0.2, -0.15) is 0 Å². The van der Waals surface area contributed by atoms with E-state index in [1.54, 1.807) is 0 Å². The standard InChI is InChI=1S/C14H13N3O2/c15-12-11(14(18)19)7-16-13(17-12)10-5-4-8-2-1-3-9(8)6-10/h4-7H,1-3H2,(H,18,19)(H2,15,16,17). The Labute approximate surface area is 110 Å². The molecule has 96 valence electrons. The van der Waals surface area contributed by atoms with Crippen molar-refractivity contribution in [2.45, 2.75) is 19.3 Å². The van der Waals surface area contributed by atoms with Crippen molar-refractivity contribution < 1.29 is 9.90 Å². The molecule has 0 saturated heterocycles. The number of aryl methyl sites for hydroxylation is 2. The van der Waals surface area contributed by atoms with E-state index in [9.17, 15) is 4.79 Å². The van der Waals surface area contributed by atoms with Crippen LogP contribution in [-0.2, 0) is 12.8 Å². The molecule has 1 aromatic heterocycles. The lowest BCUT2D eigenvalue weighted by Crippen LogP contribution is -2.06. The van der Waals surface area contributed by atoms with Crippen molar-refractivity contribution in [3.05, 3.63) is 41.1 Å². The molecule has 5 heteroatoms. The molecule has 2 aromatic rings. The lowest BCUT2D eigenvalue weighted by atomic mass is 10.1. The summed E-state index contributed by atoms with van der Waals surface area (Å²) in [5.74, 6) is -0.645. The van der Waals surface area contributed by atoms with Crippen LogP contribution in [0.25, 0.3) is 11.4 Å². The summed E-state index contributed by atoms with van der Waals surface area (Å²) in [6.45, 7) is 0. The molecule has 1 aliphatic rings. The molecule has 0 saturated carbocycles. The molecule has 0 radical (unpaired) electrons. The molecule has 1 aliphatic carbocycles. The monoisotopic (exact) mass is 255 g/mol. The second-order valence-corrected chi connectivity index (χ2v) is 4.63. The van der Waals surface area contributed by atoms with Crippen LogP contribution in [-0.4, -0.2) is 21.0 Å². The summed E-state index contributed by atoms with van der Waals surface area (Å²) < 4.78 is 0. The molecule has 3 rings (SSSR count). The van der Waals surface area contributed by atoms with Gasteiger partial charge in [0.1, 0.15) is 11.4 Å². The van der Waals surface area contributed by atoms with E-state index in [2.05, 4.69) is 22.1 Å². The first-order chi connectivity index (χ1) is 9.15. The highest BCUT2D eigenvalue weighted by atomic mass is 16.4. The predicted octanol–water partition coefficient (Wildman–Crippen LogP) is 1.91. The molecule has 5 nitrogen and oxygen atoms in total. The minimum Gasteiger partial charge on any atom is -0.477 e. The van der Waals surface area contributed by atoms with Crippen molar-refractivity contribution in [2.75, 3.05) is 5.73 Å². The van der Waals surface area contributed by atoms with Crippen LogP contribution in [0.2, 0.25) is 0 Å². The van der Waals surface area contributed by atoms with Gasteiger partial charge in [-0.05, 0) is 36.5 Å². The van der Waals surface area contributed by atoms with Gasteiger partial charge in [-0.3, -0.25) is 0 Å². The number of carboxylic acid groups (broad SMARTS) is 1. The zero-order valence-corrected chi connectivity index (χ0v) is 10.3. The summed E-state index contributed by atoms with van der Waals surface area (Å²) in [6, 6.07) is 6.11. The average Bonchev–Trinajstić information content (AvgIpc) is 2.85. The van der Waals surface area contributed by atoms with E-state index in [-0.39, 0.29) is 11.4 Å². The third-order valence-corrected chi connectivity index (χ3v) is 3.41. The summed E-state index contributed by atoms with van der Waals surface area (Å²) in [4.78, 5) is 19.0. The summed E-state index contributed by atoms with van der Waals surface area (Å²) in [6.07, 6.45) is 4.63. The summed E-state index contributed by atoms with van der Waals surface area (Å²) >= 11 is 0. The molecule has 0 atom stereocenters. The van der Waals surface area contributed by atoms with E-state index in [1.807, 2.05) is 6.07 Å². The number of benzene rings is 1. The van der Waals surface area contributed by atoms with Crippen molar-refractivity contribution in [3.63, 3.8) is 0 Å². The topological polar surface area (TPSA) is 89.1 Å². The van der Waals surface area contributed by atoms with Crippen molar-refractivity contribution in [1.29, 1.82) is 0 Å². The second-order valence-electron chi connectivity index (χ2n) is 4.63. The van der Waals surface area contributed by atoms with Crippen molar-refractivity contribution >= 4 is 11.8 Å². The minimum absolute atomic E-state index is 0.00185. The van der Waals surface area contributed by atoms with Crippen LogP contribution in [0, 0.1) is 0 Å². The van der Waals surface area contributed by atoms with E-state index < -0.39 is 5.97 Å². The Morgan fingerprint density at radius 2 is 2.05 bits per heavy atom. The number of carbonyl (C=O) groups is 1. The molecule has 1 heterocycles. The van der Waals surface area contributed by atoms with E-state index in [0.29, 0.717) is 5.82 Å². The smallest absolute Gasteiger partial charge is 0.341 e.